The van der Waals surface area contributed by atoms with Crippen LogP contribution < -0.4 is 11.1 Å². The van der Waals surface area contributed by atoms with E-state index in [1.807, 2.05) is 6.07 Å². The van der Waals surface area contributed by atoms with E-state index in [0.29, 0.717) is 5.69 Å². The number of nitrogen functional groups attached to an aromatic ring is 1. The molecule has 0 saturated carbocycles. The maximum absolute atomic E-state index is 5.91. The first-order valence-corrected chi connectivity index (χ1v) is 7.04. The van der Waals surface area contributed by atoms with E-state index in [9.17, 15) is 0 Å². The smallest absolute Gasteiger partial charge is 0.0794 e. The Morgan fingerprint density at radius 3 is 2.94 bits per heavy atom. The molecular weight excluding hydrogens is 310 g/mol. The van der Waals surface area contributed by atoms with Gasteiger partial charge in [0.1, 0.15) is 0 Å². The minimum Gasteiger partial charge on any atom is -0.396 e. The fourth-order valence-electron chi connectivity index (χ4n) is 1.77. The second-order valence-corrected chi connectivity index (χ2v) is 5.69. The molecule has 0 spiro atoms. The summed E-state index contributed by atoms with van der Waals surface area (Å²) >= 11 is 5.18. The standard InChI is InChI=1S/C13H10BrN3S/c14-10-6-16-7-11(15)13(10)17-9-1-2-12-8(5-9)3-4-18-12/h1-7H,15H2,(H,16,17). The van der Waals surface area contributed by atoms with E-state index in [0.717, 1.165) is 15.8 Å². The summed E-state index contributed by atoms with van der Waals surface area (Å²) in [7, 11) is 0. The first-order valence-electron chi connectivity index (χ1n) is 5.37. The van der Waals surface area contributed by atoms with E-state index in [-0.39, 0.29) is 0 Å². The quantitative estimate of drug-likeness (QED) is 0.736. The lowest BCUT2D eigenvalue weighted by Crippen LogP contribution is -1.98. The molecule has 0 radical (unpaired) electrons. The molecule has 18 heavy (non-hydrogen) atoms. The van der Waals surface area contributed by atoms with Gasteiger partial charge in [0.05, 0.1) is 22.0 Å². The number of thiophene rings is 1. The highest BCUT2D eigenvalue weighted by Gasteiger charge is 2.05. The molecule has 3 aromatic rings. The molecule has 3 nitrogen and oxygen atoms in total. The molecule has 0 atom stereocenters. The van der Waals surface area contributed by atoms with Gasteiger partial charge in [-0.25, -0.2) is 0 Å². The van der Waals surface area contributed by atoms with E-state index in [1.54, 1.807) is 23.7 Å². The molecule has 2 heterocycles. The van der Waals surface area contributed by atoms with Crippen LogP contribution in [0.1, 0.15) is 0 Å². The summed E-state index contributed by atoms with van der Waals surface area (Å²) in [6, 6.07) is 8.37. The molecule has 3 N–H and O–H groups in total. The van der Waals surface area contributed by atoms with Crippen molar-refractivity contribution < 1.29 is 0 Å². The van der Waals surface area contributed by atoms with Crippen LogP contribution in [0.25, 0.3) is 10.1 Å². The third kappa shape index (κ3) is 2.07. The third-order valence-corrected chi connectivity index (χ3v) is 4.15. The number of pyridine rings is 1. The van der Waals surface area contributed by atoms with Gasteiger partial charge in [0.15, 0.2) is 0 Å². The number of aromatic nitrogens is 1. The van der Waals surface area contributed by atoms with E-state index < -0.39 is 0 Å². The molecule has 0 unspecified atom stereocenters. The van der Waals surface area contributed by atoms with Crippen LogP contribution in [-0.2, 0) is 0 Å². The summed E-state index contributed by atoms with van der Waals surface area (Å²) in [6.45, 7) is 0. The number of rotatable bonds is 2. The van der Waals surface area contributed by atoms with Gasteiger partial charge in [-0.1, -0.05) is 0 Å². The lowest BCUT2D eigenvalue weighted by atomic mass is 10.2. The normalized spacial score (nSPS) is 10.7. The number of fused-ring (bicyclic) bond motifs is 1. The first-order chi connectivity index (χ1) is 8.74. The maximum Gasteiger partial charge on any atom is 0.0794 e. The number of nitrogens with one attached hydrogen (secondary N) is 1. The van der Waals surface area contributed by atoms with Crippen LogP contribution in [0, 0.1) is 0 Å². The molecular formula is C13H10BrN3S. The molecule has 0 aliphatic carbocycles. The van der Waals surface area contributed by atoms with Crippen molar-refractivity contribution in [2.45, 2.75) is 0 Å². The monoisotopic (exact) mass is 319 g/mol. The predicted octanol–water partition coefficient (Wildman–Crippen LogP) is 4.38. The summed E-state index contributed by atoms with van der Waals surface area (Å²) in [5.74, 6) is 0. The van der Waals surface area contributed by atoms with Gasteiger partial charge in [-0.05, 0) is 51.0 Å². The van der Waals surface area contributed by atoms with E-state index in [1.165, 1.54) is 10.1 Å². The molecule has 0 bridgehead atoms. The van der Waals surface area contributed by atoms with Crippen molar-refractivity contribution in [2.24, 2.45) is 0 Å². The highest BCUT2D eigenvalue weighted by molar-refractivity contribution is 9.10. The summed E-state index contributed by atoms with van der Waals surface area (Å²) in [5.41, 5.74) is 8.39. The summed E-state index contributed by atoms with van der Waals surface area (Å²) < 4.78 is 2.13. The SMILES string of the molecule is Nc1cncc(Br)c1Nc1ccc2sccc2c1. The van der Waals surface area contributed by atoms with Crippen LogP contribution in [0.15, 0.2) is 46.5 Å². The van der Waals surface area contributed by atoms with Crippen molar-refractivity contribution in [1.29, 1.82) is 0 Å². The van der Waals surface area contributed by atoms with Crippen molar-refractivity contribution in [2.75, 3.05) is 11.1 Å². The zero-order valence-corrected chi connectivity index (χ0v) is 11.8. The van der Waals surface area contributed by atoms with E-state index in [4.69, 9.17) is 5.73 Å². The number of nitrogens with zero attached hydrogens (tertiary/aromatic N) is 1. The lowest BCUT2D eigenvalue weighted by molar-refractivity contribution is 1.31. The number of nitrogens with two attached hydrogens (primary N) is 1. The predicted molar refractivity (Wildman–Crippen MR) is 81.5 cm³/mol. The van der Waals surface area contributed by atoms with Gasteiger partial charge < -0.3 is 11.1 Å². The Morgan fingerprint density at radius 1 is 1.22 bits per heavy atom. The minimum atomic E-state index is 0.620. The molecule has 1 aromatic carbocycles. The Hall–Kier alpha value is -1.59. The number of halogens is 1. The number of anilines is 3. The summed E-state index contributed by atoms with van der Waals surface area (Å²) in [6.07, 6.45) is 3.36. The van der Waals surface area contributed by atoms with Crippen molar-refractivity contribution in [3.8, 4) is 0 Å². The second-order valence-electron chi connectivity index (χ2n) is 3.88. The average molecular weight is 320 g/mol. The molecule has 5 heteroatoms. The highest BCUT2D eigenvalue weighted by Crippen LogP contribution is 2.32. The number of hydrogen-bond acceptors (Lipinski definition) is 4. The van der Waals surface area contributed by atoms with Gasteiger partial charge in [-0.3, -0.25) is 4.98 Å². The van der Waals surface area contributed by atoms with E-state index in [2.05, 4.69) is 49.8 Å². The van der Waals surface area contributed by atoms with Crippen molar-refractivity contribution >= 4 is 54.4 Å². The highest BCUT2D eigenvalue weighted by atomic mass is 79.9. The van der Waals surface area contributed by atoms with Gasteiger partial charge in [-0.2, -0.15) is 0 Å². The first kappa shape index (κ1) is 11.5. The van der Waals surface area contributed by atoms with Crippen molar-refractivity contribution in [1.82, 2.24) is 4.98 Å². The molecule has 3 rings (SSSR count). The maximum atomic E-state index is 5.91. The van der Waals surface area contributed by atoms with Gasteiger partial charge in [0.2, 0.25) is 0 Å². The van der Waals surface area contributed by atoms with E-state index >= 15 is 0 Å². The molecule has 0 aliphatic heterocycles. The number of hydrogen-bond donors (Lipinski definition) is 2. The lowest BCUT2D eigenvalue weighted by Gasteiger charge is -2.10. The third-order valence-electron chi connectivity index (χ3n) is 2.65. The molecule has 0 fully saturated rings. The Kier molecular flexibility index (Phi) is 2.93. The Bertz CT molecular complexity index is 688. The van der Waals surface area contributed by atoms with Crippen LogP contribution in [0.3, 0.4) is 0 Å². The van der Waals surface area contributed by atoms with Crippen LogP contribution in [0.5, 0.6) is 0 Å². The van der Waals surface area contributed by atoms with Crippen molar-refractivity contribution in [3.05, 3.63) is 46.5 Å². The summed E-state index contributed by atoms with van der Waals surface area (Å²) in [5, 5.41) is 6.63. The van der Waals surface area contributed by atoms with Gasteiger partial charge in [-0.15, -0.1) is 11.3 Å². The zero-order valence-electron chi connectivity index (χ0n) is 9.35. The van der Waals surface area contributed by atoms with Crippen LogP contribution in [-0.4, -0.2) is 4.98 Å². The van der Waals surface area contributed by atoms with Crippen LogP contribution in [0.4, 0.5) is 17.1 Å². The summed E-state index contributed by atoms with van der Waals surface area (Å²) in [4.78, 5) is 4.02. The topological polar surface area (TPSA) is 50.9 Å². The zero-order chi connectivity index (χ0) is 12.5. The fraction of sp³-hybridized carbons (Fsp3) is 0. The van der Waals surface area contributed by atoms with Crippen molar-refractivity contribution in [3.63, 3.8) is 0 Å². The molecule has 0 saturated heterocycles. The van der Waals surface area contributed by atoms with Crippen LogP contribution in [0.2, 0.25) is 0 Å². The Labute approximate surface area is 117 Å². The Balaban J connectivity index is 2.00. The molecule has 0 amide bonds. The number of benzene rings is 1. The second kappa shape index (κ2) is 4.59. The average Bonchev–Trinajstić information content (AvgIpc) is 2.81. The Morgan fingerprint density at radius 2 is 2.11 bits per heavy atom. The molecule has 0 aliphatic rings. The van der Waals surface area contributed by atoms with Crippen LogP contribution >= 0.6 is 27.3 Å². The fourth-order valence-corrected chi connectivity index (χ4v) is 2.99. The van der Waals surface area contributed by atoms with Gasteiger partial charge >= 0.3 is 0 Å². The largest absolute Gasteiger partial charge is 0.396 e. The van der Waals surface area contributed by atoms with Gasteiger partial charge in [0.25, 0.3) is 0 Å². The molecule has 90 valence electrons. The minimum absolute atomic E-state index is 0.620. The molecule has 2 aromatic heterocycles. The van der Waals surface area contributed by atoms with Gasteiger partial charge in [0, 0.05) is 16.6 Å².